The van der Waals surface area contributed by atoms with Gasteiger partial charge in [0.1, 0.15) is 11.4 Å². The summed E-state index contributed by atoms with van der Waals surface area (Å²) < 4.78 is 17.1. The molecule has 0 fully saturated rings. The Hall–Kier alpha value is -3.39. The van der Waals surface area contributed by atoms with Crippen LogP contribution < -0.4 is 14.8 Å². The van der Waals surface area contributed by atoms with Crippen LogP contribution in [-0.4, -0.2) is 48.1 Å². The minimum absolute atomic E-state index is 0.169. The Kier molecular flexibility index (Phi) is 7.94. The van der Waals surface area contributed by atoms with Crippen molar-refractivity contribution in [1.29, 1.82) is 0 Å². The van der Waals surface area contributed by atoms with Crippen LogP contribution in [0, 0.1) is 0 Å². The first-order valence-electron chi connectivity index (χ1n) is 11.4. The predicted octanol–water partition coefficient (Wildman–Crippen LogP) is 4.36. The fourth-order valence-electron chi connectivity index (χ4n) is 3.49. The average molecular weight is 468 g/mol. The van der Waals surface area contributed by atoms with Crippen molar-refractivity contribution in [3.05, 3.63) is 53.2 Å². The zero-order valence-corrected chi connectivity index (χ0v) is 20.7. The maximum absolute atomic E-state index is 12.9. The van der Waals surface area contributed by atoms with E-state index in [0.717, 1.165) is 23.1 Å². The highest BCUT2D eigenvalue weighted by molar-refractivity contribution is 5.97. The summed E-state index contributed by atoms with van der Waals surface area (Å²) in [5.74, 6) is 1.36. The number of hydrogen-bond donors (Lipinski definition) is 1. The lowest BCUT2D eigenvalue weighted by Gasteiger charge is -2.26. The van der Waals surface area contributed by atoms with E-state index in [2.05, 4.69) is 10.3 Å². The standard InChI is InChI=1S/C26H33N3O5/c1-7-13-33-23-20(9-8-10-21(23)32-6)17(2)29(5)22(30)12-11-18-14-19-16-34-26(3,4)25(31)28-24(19)27-15-18/h8-12,14-15,17H,7,13,16H2,1-6H3,(H,27,28,31)/b12-11+/t17-/m1/s1. The van der Waals surface area contributed by atoms with Gasteiger partial charge in [0.15, 0.2) is 11.5 Å². The van der Waals surface area contributed by atoms with Crippen LogP contribution in [0.25, 0.3) is 6.08 Å². The first-order chi connectivity index (χ1) is 16.2. The molecule has 0 bridgehead atoms. The van der Waals surface area contributed by atoms with E-state index in [1.807, 2.05) is 38.1 Å². The molecule has 0 spiro atoms. The Morgan fingerprint density at radius 2 is 2.15 bits per heavy atom. The summed E-state index contributed by atoms with van der Waals surface area (Å²) in [4.78, 5) is 31.2. The van der Waals surface area contributed by atoms with Crippen LogP contribution in [0.3, 0.4) is 0 Å². The highest BCUT2D eigenvalue weighted by Crippen LogP contribution is 2.37. The number of benzene rings is 1. The zero-order chi connectivity index (χ0) is 24.9. The van der Waals surface area contributed by atoms with Gasteiger partial charge in [0.05, 0.1) is 26.4 Å². The van der Waals surface area contributed by atoms with Crippen LogP contribution >= 0.6 is 0 Å². The Morgan fingerprint density at radius 3 is 2.85 bits per heavy atom. The Morgan fingerprint density at radius 1 is 1.38 bits per heavy atom. The SMILES string of the molecule is CCCOc1c(OC)cccc1[C@@H](C)N(C)C(=O)/C=C/c1cnc2c(c1)COC(C)(C)C(=O)N2. The molecule has 8 nitrogen and oxygen atoms in total. The molecule has 2 aromatic rings. The highest BCUT2D eigenvalue weighted by Gasteiger charge is 2.32. The number of likely N-dealkylation sites (N-methyl/N-ethyl adjacent to an activating group) is 1. The third-order valence-electron chi connectivity index (χ3n) is 5.83. The molecule has 1 N–H and O–H groups in total. The number of rotatable bonds is 8. The van der Waals surface area contributed by atoms with E-state index in [0.29, 0.717) is 23.9 Å². The average Bonchev–Trinajstić information content (AvgIpc) is 2.95. The molecule has 1 aliphatic heterocycles. The number of methoxy groups -OCH3 is 1. The molecule has 1 aliphatic rings. The molecule has 3 rings (SSSR count). The van der Waals surface area contributed by atoms with Crippen LogP contribution in [-0.2, 0) is 20.9 Å². The van der Waals surface area contributed by atoms with Crippen molar-refractivity contribution in [2.24, 2.45) is 0 Å². The van der Waals surface area contributed by atoms with E-state index < -0.39 is 5.60 Å². The van der Waals surface area contributed by atoms with Gasteiger partial charge >= 0.3 is 0 Å². The smallest absolute Gasteiger partial charge is 0.257 e. The summed E-state index contributed by atoms with van der Waals surface area (Å²) in [7, 11) is 3.35. The first kappa shape index (κ1) is 25.2. The van der Waals surface area contributed by atoms with E-state index in [9.17, 15) is 9.59 Å². The third-order valence-corrected chi connectivity index (χ3v) is 5.83. The molecule has 1 atom stereocenters. The number of hydrogen-bond acceptors (Lipinski definition) is 6. The van der Waals surface area contributed by atoms with Gasteiger partial charge in [-0.3, -0.25) is 9.59 Å². The largest absolute Gasteiger partial charge is 0.493 e. The topological polar surface area (TPSA) is 90.0 Å². The van der Waals surface area contributed by atoms with Gasteiger partial charge in [0.25, 0.3) is 5.91 Å². The molecule has 2 heterocycles. The van der Waals surface area contributed by atoms with Gasteiger partial charge in [-0.25, -0.2) is 4.98 Å². The van der Waals surface area contributed by atoms with Crippen molar-refractivity contribution >= 4 is 23.7 Å². The molecular formula is C26H33N3O5. The van der Waals surface area contributed by atoms with Gasteiger partial charge in [0.2, 0.25) is 5.91 Å². The van der Waals surface area contributed by atoms with Gasteiger partial charge < -0.3 is 24.4 Å². The number of nitrogens with zero attached hydrogens (tertiary/aromatic N) is 2. The molecule has 182 valence electrons. The number of para-hydroxylation sites is 1. The van der Waals surface area contributed by atoms with Gasteiger partial charge in [-0.2, -0.15) is 0 Å². The lowest BCUT2D eigenvalue weighted by Crippen LogP contribution is -2.38. The molecule has 1 aromatic carbocycles. The van der Waals surface area contributed by atoms with Crippen molar-refractivity contribution in [2.75, 3.05) is 26.1 Å². The number of anilines is 1. The number of pyridine rings is 1. The zero-order valence-electron chi connectivity index (χ0n) is 20.7. The summed E-state index contributed by atoms with van der Waals surface area (Å²) in [5, 5.41) is 2.79. The maximum atomic E-state index is 12.9. The van der Waals surface area contributed by atoms with Crippen molar-refractivity contribution in [2.45, 2.75) is 52.4 Å². The number of amides is 2. The van der Waals surface area contributed by atoms with Gasteiger partial charge in [-0.15, -0.1) is 0 Å². The number of aromatic nitrogens is 1. The number of ether oxygens (including phenoxy) is 3. The van der Waals surface area contributed by atoms with Crippen LogP contribution in [0.5, 0.6) is 11.5 Å². The Bertz CT molecular complexity index is 1080. The van der Waals surface area contributed by atoms with Crippen LogP contribution in [0.4, 0.5) is 5.82 Å². The van der Waals surface area contributed by atoms with Gasteiger partial charge in [-0.1, -0.05) is 19.1 Å². The molecule has 0 saturated heterocycles. The second-order valence-electron chi connectivity index (χ2n) is 8.72. The number of carbonyl (C=O) groups is 2. The summed E-state index contributed by atoms with van der Waals surface area (Å²) in [5.41, 5.74) is 1.42. The lowest BCUT2D eigenvalue weighted by molar-refractivity contribution is -0.137. The summed E-state index contributed by atoms with van der Waals surface area (Å²) >= 11 is 0. The number of carbonyl (C=O) groups excluding carboxylic acids is 2. The highest BCUT2D eigenvalue weighted by atomic mass is 16.5. The summed E-state index contributed by atoms with van der Waals surface area (Å²) in [6.45, 7) is 8.22. The normalized spacial score (nSPS) is 15.8. The monoisotopic (exact) mass is 467 g/mol. The van der Waals surface area contributed by atoms with Crippen molar-refractivity contribution < 1.29 is 23.8 Å². The minimum atomic E-state index is -0.939. The molecular weight excluding hydrogens is 434 g/mol. The second-order valence-corrected chi connectivity index (χ2v) is 8.72. The predicted molar refractivity (Wildman–Crippen MR) is 131 cm³/mol. The molecule has 0 radical (unpaired) electrons. The van der Waals surface area contributed by atoms with Crippen molar-refractivity contribution in [3.63, 3.8) is 0 Å². The van der Waals surface area contributed by atoms with Crippen LogP contribution in [0.1, 0.15) is 56.8 Å². The number of fused-ring (bicyclic) bond motifs is 1. The summed E-state index contributed by atoms with van der Waals surface area (Å²) in [6.07, 6.45) is 5.69. The van der Waals surface area contributed by atoms with Crippen LogP contribution in [0.2, 0.25) is 0 Å². The van der Waals surface area contributed by atoms with E-state index >= 15 is 0 Å². The molecule has 2 amide bonds. The molecule has 0 saturated carbocycles. The molecule has 0 aliphatic carbocycles. The van der Waals surface area contributed by atoms with E-state index in [4.69, 9.17) is 14.2 Å². The Balaban J connectivity index is 1.76. The van der Waals surface area contributed by atoms with Crippen LogP contribution in [0.15, 0.2) is 36.5 Å². The van der Waals surface area contributed by atoms with E-state index in [-0.39, 0.29) is 24.5 Å². The summed E-state index contributed by atoms with van der Waals surface area (Å²) in [6, 6.07) is 7.30. The minimum Gasteiger partial charge on any atom is -0.493 e. The third kappa shape index (κ3) is 5.56. The van der Waals surface area contributed by atoms with Crippen molar-refractivity contribution in [3.8, 4) is 11.5 Å². The quantitative estimate of drug-likeness (QED) is 0.580. The van der Waals surface area contributed by atoms with E-state index in [1.165, 1.54) is 6.08 Å². The molecule has 8 heteroatoms. The first-order valence-corrected chi connectivity index (χ1v) is 11.4. The maximum Gasteiger partial charge on any atom is 0.257 e. The Labute approximate surface area is 200 Å². The van der Waals surface area contributed by atoms with Gasteiger partial charge in [0, 0.05) is 30.4 Å². The fourth-order valence-corrected chi connectivity index (χ4v) is 3.49. The molecule has 1 aromatic heterocycles. The fraction of sp³-hybridized carbons (Fsp3) is 0.423. The van der Waals surface area contributed by atoms with E-state index in [1.54, 1.807) is 45.2 Å². The number of nitrogens with one attached hydrogen (secondary N) is 1. The van der Waals surface area contributed by atoms with Crippen molar-refractivity contribution in [1.82, 2.24) is 9.88 Å². The second kappa shape index (κ2) is 10.7. The van der Waals surface area contributed by atoms with Gasteiger partial charge in [-0.05, 0) is 51.0 Å². The molecule has 0 unspecified atom stereocenters. The molecule has 34 heavy (non-hydrogen) atoms. The lowest BCUT2D eigenvalue weighted by atomic mass is 10.0.